The predicted molar refractivity (Wildman–Crippen MR) is 82.9 cm³/mol. The summed E-state index contributed by atoms with van der Waals surface area (Å²) in [6, 6.07) is 6.32. The molecule has 1 N–H and O–H groups in total. The lowest BCUT2D eigenvalue weighted by molar-refractivity contribution is -0.123. The molecule has 2 aromatic rings. The van der Waals surface area contributed by atoms with Gasteiger partial charge in [0.25, 0.3) is 5.91 Å². The summed E-state index contributed by atoms with van der Waals surface area (Å²) in [6.45, 7) is -2.07. The van der Waals surface area contributed by atoms with Crippen LogP contribution in [0.1, 0.15) is 17.3 Å². The van der Waals surface area contributed by atoms with E-state index in [1.165, 1.54) is 12.1 Å². The van der Waals surface area contributed by atoms with Gasteiger partial charge in [-0.25, -0.2) is 18.0 Å². The van der Waals surface area contributed by atoms with Gasteiger partial charge in [-0.2, -0.15) is 8.78 Å². The van der Waals surface area contributed by atoms with Crippen molar-refractivity contribution >= 4 is 17.6 Å². The highest BCUT2D eigenvalue weighted by atomic mass is 19.3. The third-order valence-electron chi connectivity index (χ3n) is 3.27. The molecular weight excluding hydrogens is 377 g/mol. The van der Waals surface area contributed by atoms with E-state index in [1.54, 1.807) is 0 Å². The summed E-state index contributed by atoms with van der Waals surface area (Å²) < 4.78 is 73.3. The van der Waals surface area contributed by atoms with Gasteiger partial charge in [-0.3, -0.25) is 4.79 Å². The van der Waals surface area contributed by atoms with Crippen molar-refractivity contribution in [1.82, 2.24) is 0 Å². The first-order valence-corrected chi connectivity index (χ1v) is 7.40. The Hall–Kier alpha value is -3.17. The SMILES string of the molecule is C[C@@H](OC(=O)c1ccccc1OC(F)F)C(=O)Nc1ccc(F)c(F)c1F. The number of hydrogen-bond acceptors (Lipinski definition) is 4. The summed E-state index contributed by atoms with van der Waals surface area (Å²) in [5.74, 6) is -7.52. The zero-order valence-electron chi connectivity index (χ0n) is 13.6. The molecule has 0 radical (unpaired) electrons. The Morgan fingerprint density at radius 3 is 2.33 bits per heavy atom. The molecule has 0 heterocycles. The zero-order chi connectivity index (χ0) is 20.1. The average molecular weight is 389 g/mol. The lowest BCUT2D eigenvalue weighted by Gasteiger charge is -2.15. The monoisotopic (exact) mass is 389 g/mol. The molecule has 1 atom stereocenters. The largest absolute Gasteiger partial charge is 0.449 e. The highest BCUT2D eigenvalue weighted by Crippen LogP contribution is 2.23. The number of nitrogens with one attached hydrogen (secondary N) is 1. The fourth-order valence-electron chi connectivity index (χ4n) is 1.97. The smallest absolute Gasteiger partial charge is 0.387 e. The van der Waals surface area contributed by atoms with E-state index in [9.17, 15) is 31.5 Å². The zero-order valence-corrected chi connectivity index (χ0v) is 13.6. The molecule has 0 spiro atoms. The molecule has 10 heteroatoms. The Kier molecular flexibility index (Phi) is 6.32. The van der Waals surface area contributed by atoms with Crippen LogP contribution in [0.15, 0.2) is 36.4 Å². The van der Waals surface area contributed by atoms with Gasteiger partial charge in [0, 0.05) is 0 Å². The fraction of sp³-hybridized carbons (Fsp3) is 0.176. The van der Waals surface area contributed by atoms with Gasteiger partial charge in [-0.1, -0.05) is 12.1 Å². The van der Waals surface area contributed by atoms with Gasteiger partial charge < -0.3 is 14.8 Å². The minimum atomic E-state index is -3.18. The molecule has 144 valence electrons. The van der Waals surface area contributed by atoms with E-state index in [1.807, 2.05) is 5.32 Å². The first kappa shape index (κ1) is 20.1. The number of para-hydroxylation sites is 1. The van der Waals surface area contributed by atoms with Crippen LogP contribution in [0.2, 0.25) is 0 Å². The minimum absolute atomic E-state index is 0.364. The minimum Gasteiger partial charge on any atom is -0.449 e. The second-order valence-corrected chi connectivity index (χ2v) is 5.13. The lowest BCUT2D eigenvalue weighted by atomic mass is 10.2. The first-order valence-electron chi connectivity index (χ1n) is 7.40. The quantitative estimate of drug-likeness (QED) is 0.463. The van der Waals surface area contributed by atoms with Crippen LogP contribution in [0, 0.1) is 17.5 Å². The number of benzene rings is 2. The molecule has 0 aliphatic rings. The number of anilines is 1. The van der Waals surface area contributed by atoms with Gasteiger partial charge in [-0.15, -0.1) is 0 Å². The molecule has 0 aliphatic carbocycles. The average Bonchev–Trinajstić information content (AvgIpc) is 2.62. The number of esters is 1. The fourth-order valence-corrected chi connectivity index (χ4v) is 1.97. The Bertz CT molecular complexity index is 859. The van der Waals surface area contributed by atoms with Crippen LogP contribution in [-0.4, -0.2) is 24.6 Å². The molecule has 0 fully saturated rings. The number of amides is 1. The molecule has 0 saturated heterocycles. The Morgan fingerprint density at radius 2 is 1.67 bits per heavy atom. The maximum Gasteiger partial charge on any atom is 0.387 e. The molecule has 1 amide bonds. The van der Waals surface area contributed by atoms with Crippen LogP contribution in [-0.2, 0) is 9.53 Å². The number of alkyl halides is 2. The van der Waals surface area contributed by atoms with Crippen molar-refractivity contribution < 1.29 is 41.0 Å². The van der Waals surface area contributed by atoms with Crippen LogP contribution in [0.5, 0.6) is 5.75 Å². The van der Waals surface area contributed by atoms with E-state index in [4.69, 9.17) is 4.74 Å². The number of rotatable bonds is 6. The van der Waals surface area contributed by atoms with E-state index in [0.717, 1.165) is 25.1 Å². The molecule has 2 rings (SSSR count). The highest BCUT2D eigenvalue weighted by molar-refractivity contribution is 5.98. The van der Waals surface area contributed by atoms with Gasteiger partial charge in [0.05, 0.1) is 5.69 Å². The molecule has 0 bridgehead atoms. The van der Waals surface area contributed by atoms with Crippen molar-refractivity contribution in [1.29, 1.82) is 0 Å². The molecule has 0 aliphatic heterocycles. The van der Waals surface area contributed by atoms with Crippen LogP contribution in [0.25, 0.3) is 0 Å². The Labute approximate surface area is 149 Å². The van der Waals surface area contributed by atoms with Gasteiger partial charge in [0.1, 0.15) is 11.3 Å². The number of ether oxygens (including phenoxy) is 2. The highest BCUT2D eigenvalue weighted by Gasteiger charge is 2.24. The molecule has 0 saturated carbocycles. The van der Waals surface area contributed by atoms with Crippen LogP contribution in [0.4, 0.5) is 27.6 Å². The third-order valence-corrected chi connectivity index (χ3v) is 3.27. The summed E-state index contributed by atoms with van der Waals surface area (Å²) in [6.07, 6.45) is -1.51. The van der Waals surface area contributed by atoms with Gasteiger partial charge >= 0.3 is 12.6 Å². The maximum absolute atomic E-state index is 13.6. The topological polar surface area (TPSA) is 64.6 Å². The van der Waals surface area contributed by atoms with Crippen LogP contribution in [0.3, 0.4) is 0 Å². The molecule has 0 aromatic heterocycles. The van der Waals surface area contributed by atoms with Crippen molar-refractivity contribution in [3.63, 3.8) is 0 Å². The number of hydrogen-bond donors (Lipinski definition) is 1. The van der Waals surface area contributed by atoms with Crippen molar-refractivity contribution in [3.8, 4) is 5.75 Å². The third kappa shape index (κ3) is 4.93. The molecular formula is C17H12F5NO4. The van der Waals surface area contributed by atoms with E-state index in [2.05, 4.69) is 4.74 Å². The normalized spacial score (nSPS) is 11.8. The van der Waals surface area contributed by atoms with Crippen molar-refractivity contribution in [3.05, 3.63) is 59.4 Å². The predicted octanol–water partition coefficient (Wildman–Crippen LogP) is 3.89. The molecule has 5 nitrogen and oxygen atoms in total. The maximum atomic E-state index is 13.6. The molecule has 2 aromatic carbocycles. The van der Waals surface area contributed by atoms with Crippen molar-refractivity contribution in [2.24, 2.45) is 0 Å². The van der Waals surface area contributed by atoms with Crippen molar-refractivity contribution in [2.75, 3.05) is 5.32 Å². The van der Waals surface area contributed by atoms with E-state index >= 15 is 0 Å². The lowest BCUT2D eigenvalue weighted by Crippen LogP contribution is -2.30. The van der Waals surface area contributed by atoms with E-state index in [0.29, 0.717) is 6.07 Å². The summed E-state index contributed by atoms with van der Waals surface area (Å²) in [4.78, 5) is 24.0. The molecule has 27 heavy (non-hydrogen) atoms. The van der Waals surface area contributed by atoms with E-state index in [-0.39, 0.29) is 5.56 Å². The summed E-state index contributed by atoms with van der Waals surface area (Å²) >= 11 is 0. The van der Waals surface area contributed by atoms with Gasteiger partial charge in [0.15, 0.2) is 23.6 Å². The standard InChI is InChI=1S/C17H12F5NO4/c1-8(15(24)23-11-7-6-10(18)13(19)14(11)20)26-16(25)9-4-2-3-5-12(9)27-17(21)22/h2-8,17H,1H3,(H,23,24)/t8-/m1/s1. The molecule has 0 unspecified atom stereocenters. The summed E-state index contributed by atoms with van der Waals surface area (Å²) in [7, 11) is 0. The summed E-state index contributed by atoms with van der Waals surface area (Å²) in [5, 5.41) is 1.93. The Morgan fingerprint density at radius 1 is 1.00 bits per heavy atom. The second kappa shape index (κ2) is 8.47. The van der Waals surface area contributed by atoms with Crippen LogP contribution < -0.4 is 10.1 Å². The van der Waals surface area contributed by atoms with E-state index < -0.39 is 53.5 Å². The Balaban J connectivity index is 2.09. The number of carbonyl (C=O) groups excluding carboxylic acids is 2. The van der Waals surface area contributed by atoms with Gasteiger partial charge in [0.2, 0.25) is 0 Å². The van der Waals surface area contributed by atoms with Crippen molar-refractivity contribution in [2.45, 2.75) is 19.6 Å². The van der Waals surface area contributed by atoms with Gasteiger partial charge in [-0.05, 0) is 31.2 Å². The van der Waals surface area contributed by atoms with Crippen LogP contribution >= 0.6 is 0 Å². The number of carbonyl (C=O) groups is 2. The second-order valence-electron chi connectivity index (χ2n) is 5.13. The summed E-state index contributed by atoms with van der Waals surface area (Å²) in [5.41, 5.74) is -1.03. The first-order chi connectivity index (χ1) is 12.7. The number of halogens is 5.